The van der Waals surface area contributed by atoms with Crippen LogP contribution in [-0.2, 0) is 4.79 Å². The molecule has 0 spiro atoms. The summed E-state index contributed by atoms with van der Waals surface area (Å²) < 4.78 is 25.4. The van der Waals surface area contributed by atoms with Crippen LogP contribution in [0.4, 0.5) is 8.78 Å². The normalized spacial score (nSPS) is 19.1. The highest BCUT2D eigenvalue weighted by atomic mass is 19.3. The summed E-state index contributed by atoms with van der Waals surface area (Å²) in [5.41, 5.74) is -1.15. The van der Waals surface area contributed by atoms with Crippen molar-refractivity contribution in [1.82, 2.24) is 5.32 Å². The lowest BCUT2D eigenvalue weighted by Gasteiger charge is -2.21. The van der Waals surface area contributed by atoms with Crippen LogP contribution in [0.2, 0.25) is 0 Å². The number of amides is 1. The Morgan fingerprint density at radius 1 is 1.50 bits per heavy atom. The number of aliphatic hydroxyl groups excluding tert-OH is 1. The second-order valence-electron chi connectivity index (χ2n) is 4.10. The number of hydrogen-bond donors (Lipinski definition) is 2. The van der Waals surface area contributed by atoms with Crippen LogP contribution >= 0.6 is 0 Å². The minimum Gasteiger partial charge on any atom is -0.390 e. The van der Waals surface area contributed by atoms with Gasteiger partial charge in [0.05, 0.1) is 12.6 Å². The Morgan fingerprint density at radius 3 is 2.50 bits per heavy atom. The summed E-state index contributed by atoms with van der Waals surface area (Å²) in [6, 6.07) is 1.91. The molecule has 0 bridgehead atoms. The first-order valence-corrected chi connectivity index (χ1v) is 5.14. The van der Waals surface area contributed by atoms with E-state index in [0.717, 1.165) is 12.8 Å². The summed E-state index contributed by atoms with van der Waals surface area (Å²) in [6.45, 7) is -2.24. The van der Waals surface area contributed by atoms with Crippen molar-refractivity contribution in [2.45, 2.75) is 31.6 Å². The predicted molar refractivity (Wildman–Crippen MR) is 51.6 cm³/mol. The summed E-state index contributed by atoms with van der Waals surface area (Å²) in [4.78, 5) is 11.6. The SMILES string of the molecule is N#CC1(C(=O)NCC(F)(F)CO)CCCC1. The summed E-state index contributed by atoms with van der Waals surface area (Å²) in [7, 11) is 0. The molecule has 4 nitrogen and oxygen atoms in total. The summed E-state index contributed by atoms with van der Waals surface area (Å²) in [5.74, 6) is -3.98. The van der Waals surface area contributed by atoms with E-state index in [1.54, 1.807) is 0 Å². The van der Waals surface area contributed by atoms with Gasteiger partial charge in [0.25, 0.3) is 5.92 Å². The molecule has 0 unspecified atom stereocenters. The quantitative estimate of drug-likeness (QED) is 0.753. The van der Waals surface area contributed by atoms with Crippen LogP contribution in [0, 0.1) is 16.7 Å². The number of nitriles is 1. The van der Waals surface area contributed by atoms with Gasteiger partial charge in [-0.3, -0.25) is 4.79 Å². The average Bonchev–Trinajstić information content (AvgIpc) is 2.76. The van der Waals surface area contributed by atoms with Crippen molar-refractivity contribution in [2.75, 3.05) is 13.2 Å². The molecule has 0 saturated heterocycles. The fourth-order valence-corrected chi connectivity index (χ4v) is 1.80. The van der Waals surface area contributed by atoms with Gasteiger partial charge in [-0.25, -0.2) is 8.78 Å². The molecule has 90 valence electrons. The summed E-state index contributed by atoms with van der Waals surface area (Å²) in [5, 5.41) is 19.3. The summed E-state index contributed by atoms with van der Waals surface area (Å²) in [6.07, 6.45) is 2.36. The molecule has 1 aliphatic rings. The standard InChI is InChI=1S/C10H14F2N2O2/c11-10(12,7-15)6-14-8(16)9(5-13)3-1-2-4-9/h15H,1-4,6-7H2,(H,14,16). The van der Waals surface area contributed by atoms with Crippen molar-refractivity contribution >= 4 is 5.91 Å². The van der Waals surface area contributed by atoms with E-state index in [2.05, 4.69) is 0 Å². The minimum absolute atomic E-state index is 0.417. The summed E-state index contributed by atoms with van der Waals surface area (Å²) >= 11 is 0. The lowest BCUT2D eigenvalue weighted by atomic mass is 9.87. The van der Waals surface area contributed by atoms with Crippen LogP contribution in [0.25, 0.3) is 0 Å². The topological polar surface area (TPSA) is 73.1 Å². The molecular weight excluding hydrogens is 218 g/mol. The number of rotatable bonds is 4. The monoisotopic (exact) mass is 232 g/mol. The third-order valence-corrected chi connectivity index (χ3v) is 2.84. The third kappa shape index (κ3) is 2.67. The Morgan fingerprint density at radius 2 is 2.06 bits per heavy atom. The van der Waals surface area contributed by atoms with Gasteiger partial charge in [-0.15, -0.1) is 0 Å². The van der Waals surface area contributed by atoms with Gasteiger partial charge in [-0.05, 0) is 12.8 Å². The zero-order valence-electron chi connectivity index (χ0n) is 8.80. The Bertz CT molecular complexity index is 306. The molecule has 1 fully saturated rings. The van der Waals surface area contributed by atoms with E-state index in [9.17, 15) is 13.6 Å². The Labute approximate surface area is 92.2 Å². The minimum atomic E-state index is -3.33. The molecule has 2 N–H and O–H groups in total. The number of aliphatic hydroxyl groups is 1. The second-order valence-corrected chi connectivity index (χ2v) is 4.10. The van der Waals surface area contributed by atoms with Crippen LogP contribution in [0.15, 0.2) is 0 Å². The highest BCUT2D eigenvalue weighted by Crippen LogP contribution is 2.37. The lowest BCUT2D eigenvalue weighted by molar-refractivity contribution is -0.130. The lowest BCUT2D eigenvalue weighted by Crippen LogP contribution is -2.45. The molecule has 0 atom stereocenters. The number of carbonyl (C=O) groups excluding carboxylic acids is 1. The average molecular weight is 232 g/mol. The second kappa shape index (κ2) is 4.74. The third-order valence-electron chi connectivity index (χ3n) is 2.84. The van der Waals surface area contributed by atoms with E-state index < -0.39 is 30.4 Å². The van der Waals surface area contributed by atoms with Gasteiger partial charge >= 0.3 is 0 Å². The first-order valence-electron chi connectivity index (χ1n) is 5.14. The number of halogens is 2. The van der Waals surface area contributed by atoms with Gasteiger partial charge in [0.2, 0.25) is 5.91 Å². The highest BCUT2D eigenvalue weighted by molar-refractivity contribution is 5.85. The fraction of sp³-hybridized carbons (Fsp3) is 0.800. The van der Waals surface area contributed by atoms with E-state index >= 15 is 0 Å². The number of nitrogens with one attached hydrogen (secondary N) is 1. The van der Waals surface area contributed by atoms with Crippen LogP contribution in [0.3, 0.4) is 0 Å². The molecule has 1 rings (SSSR count). The van der Waals surface area contributed by atoms with E-state index in [4.69, 9.17) is 10.4 Å². The molecule has 0 aromatic carbocycles. The zero-order chi connectivity index (χ0) is 12.2. The Hall–Kier alpha value is -1.22. The van der Waals surface area contributed by atoms with E-state index in [-0.39, 0.29) is 0 Å². The van der Waals surface area contributed by atoms with Gasteiger partial charge in [0, 0.05) is 0 Å². The fourth-order valence-electron chi connectivity index (χ4n) is 1.80. The molecule has 1 aliphatic carbocycles. The maximum atomic E-state index is 12.7. The van der Waals surface area contributed by atoms with Crippen molar-refractivity contribution in [3.63, 3.8) is 0 Å². The van der Waals surface area contributed by atoms with Gasteiger partial charge in [0.15, 0.2) is 0 Å². The van der Waals surface area contributed by atoms with Gasteiger partial charge < -0.3 is 10.4 Å². The van der Waals surface area contributed by atoms with Crippen molar-refractivity contribution in [1.29, 1.82) is 5.26 Å². The molecule has 0 radical (unpaired) electrons. The maximum Gasteiger partial charge on any atom is 0.287 e. The zero-order valence-corrected chi connectivity index (χ0v) is 8.80. The van der Waals surface area contributed by atoms with Crippen molar-refractivity contribution in [3.8, 4) is 6.07 Å². The van der Waals surface area contributed by atoms with Crippen molar-refractivity contribution < 1.29 is 18.7 Å². The van der Waals surface area contributed by atoms with E-state index in [1.165, 1.54) is 0 Å². The van der Waals surface area contributed by atoms with Crippen LogP contribution in [0.1, 0.15) is 25.7 Å². The highest BCUT2D eigenvalue weighted by Gasteiger charge is 2.42. The molecule has 0 heterocycles. The Kier molecular flexibility index (Phi) is 3.81. The number of carbonyl (C=O) groups is 1. The van der Waals surface area contributed by atoms with E-state index in [1.807, 2.05) is 11.4 Å². The molecule has 16 heavy (non-hydrogen) atoms. The maximum absolute atomic E-state index is 12.7. The molecule has 6 heteroatoms. The van der Waals surface area contributed by atoms with Crippen molar-refractivity contribution in [2.24, 2.45) is 5.41 Å². The smallest absolute Gasteiger partial charge is 0.287 e. The molecule has 0 aromatic heterocycles. The largest absolute Gasteiger partial charge is 0.390 e. The number of alkyl halides is 2. The molecular formula is C10H14F2N2O2. The van der Waals surface area contributed by atoms with Crippen molar-refractivity contribution in [3.05, 3.63) is 0 Å². The van der Waals surface area contributed by atoms with Gasteiger partial charge in [-0.2, -0.15) is 5.26 Å². The van der Waals surface area contributed by atoms with Gasteiger partial charge in [0.1, 0.15) is 12.0 Å². The van der Waals surface area contributed by atoms with E-state index in [0.29, 0.717) is 12.8 Å². The number of hydrogen-bond acceptors (Lipinski definition) is 3. The predicted octanol–water partition coefficient (Wildman–Crippen LogP) is 0.814. The van der Waals surface area contributed by atoms with Crippen LogP contribution in [0.5, 0.6) is 0 Å². The van der Waals surface area contributed by atoms with Crippen LogP contribution < -0.4 is 5.32 Å². The first kappa shape index (κ1) is 12.8. The Balaban J connectivity index is 2.55. The molecule has 1 amide bonds. The first-order chi connectivity index (χ1) is 7.46. The molecule has 0 aromatic rings. The molecule has 1 saturated carbocycles. The van der Waals surface area contributed by atoms with Crippen LogP contribution in [-0.4, -0.2) is 30.1 Å². The molecule has 0 aliphatic heterocycles. The van der Waals surface area contributed by atoms with Gasteiger partial charge in [-0.1, -0.05) is 12.8 Å². The number of nitrogens with zero attached hydrogens (tertiary/aromatic N) is 1.